The summed E-state index contributed by atoms with van der Waals surface area (Å²) in [4.78, 5) is 25.7. The molecule has 1 N–H and O–H groups in total. The lowest BCUT2D eigenvalue weighted by Gasteiger charge is -2.20. The smallest absolute Gasteiger partial charge is 0.237 e. The first kappa shape index (κ1) is 21.6. The van der Waals surface area contributed by atoms with Gasteiger partial charge in [0.25, 0.3) is 0 Å². The van der Waals surface area contributed by atoms with Gasteiger partial charge >= 0.3 is 0 Å². The second kappa shape index (κ2) is 11.3. The van der Waals surface area contributed by atoms with E-state index in [2.05, 4.69) is 15.5 Å². The zero-order valence-corrected chi connectivity index (χ0v) is 17.6. The van der Waals surface area contributed by atoms with Gasteiger partial charge in [-0.1, -0.05) is 41.8 Å². The van der Waals surface area contributed by atoms with E-state index in [1.165, 1.54) is 47.0 Å². The van der Waals surface area contributed by atoms with Crippen LogP contribution in [0.1, 0.15) is 20.3 Å². The number of thioether (sulfide) groups is 2. The van der Waals surface area contributed by atoms with E-state index in [9.17, 15) is 14.0 Å². The molecule has 0 radical (unpaired) electrons. The van der Waals surface area contributed by atoms with Gasteiger partial charge in [0.2, 0.25) is 11.8 Å². The first-order valence-corrected chi connectivity index (χ1v) is 11.2. The highest BCUT2D eigenvalue weighted by atomic mass is 32.2. The number of rotatable bonds is 10. The topological polar surface area (TPSA) is 75.2 Å². The number of halogens is 1. The first-order chi connectivity index (χ1) is 13.0. The summed E-state index contributed by atoms with van der Waals surface area (Å²) in [6.07, 6.45) is 0.900. The molecule has 0 aliphatic heterocycles. The molecule has 146 valence electrons. The number of anilines is 1. The number of nitrogens with one attached hydrogen (secondary N) is 1. The van der Waals surface area contributed by atoms with Crippen LogP contribution in [0.25, 0.3) is 0 Å². The summed E-state index contributed by atoms with van der Waals surface area (Å²) in [6.45, 7) is 5.03. The molecule has 10 heteroatoms. The quantitative estimate of drug-likeness (QED) is 0.584. The second-order valence-electron chi connectivity index (χ2n) is 5.38. The lowest BCUT2D eigenvalue weighted by Crippen LogP contribution is -2.32. The van der Waals surface area contributed by atoms with Gasteiger partial charge in [0.15, 0.2) is 8.68 Å². The fourth-order valence-corrected chi connectivity index (χ4v) is 4.81. The molecule has 0 atom stereocenters. The van der Waals surface area contributed by atoms with Crippen molar-refractivity contribution in [2.75, 3.05) is 29.5 Å². The predicted molar refractivity (Wildman–Crippen MR) is 109 cm³/mol. The molecule has 0 bridgehead atoms. The molecule has 0 spiro atoms. The van der Waals surface area contributed by atoms with Crippen molar-refractivity contribution in [3.8, 4) is 0 Å². The Balaban J connectivity index is 1.83. The molecule has 1 aromatic carbocycles. The molecular formula is C17H21FN4O2S3. The molecule has 6 nitrogen and oxygen atoms in total. The Bertz CT molecular complexity index is 755. The van der Waals surface area contributed by atoms with E-state index in [0.717, 1.165) is 6.42 Å². The summed E-state index contributed by atoms with van der Waals surface area (Å²) >= 11 is 4.00. The number of nitrogens with zero attached hydrogens (tertiary/aromatic N) is 3. The third-order valence-corrected chi connectivity index (χ3v) is 6.54. The molecule has 0 aliphatic carbocycles. The van der Waals surface area contributed by atoms with E-state index in [-0.39, 0.29) is 23.4 Å². The maximum Gasteiger partial charge on any atom is 0.237 e. The molecular weight excluding hydrogens is 407 g/mol. The Morgan fingerprint density at radius 2 is 1.74 bits per heavy atom. The minimum atomic E-state index is -0.334. The minimum Gasteiger partial charge on any atom is -0.355 e. The Kier molecular flexibility index (Phi) is 9.02. The Morgan fingerprint density at radius 3 is 2.33 bits per heavy atom. The lowest BCUT2D eigenvalue weighted by atomic mass is 10.3. The van der Waals surface area contributed by atoms with Crippen LogP contribution in [0.15, 0.2) is 32.9 Å². The van der Waals surface area contributed by atoms with Gasteiger partial charge in [0.1, 0.15) is 5.82 Å². The van der Waals surface area contributed by atoms with Crippen LogP contribution in [-0.4, -0.2) is 46.6 Å². The van der Waals surface area contributed by atoms with Gasteiger partial charge in [0, 0.05) is 18.8 Å². The number of carbonyl (C=O) groups is 2. The van der Waals surface area contributed by atoms with E-state index in [4.69, 9.17) is 0 Å². The van der Waals surface area contributed by atoms with Gasteiger partial charge in [-0.3, -0.25) is 9.59 Å². The highest BCUT2D eigenvalue weighted by molar-refractivity contribution is 8.03. The highest BCUT2D eigenvalue weighted by Gasteiger charge is 2.16. The average molecular weight is 429 g/mol. The van der Waals surface area contributed by atoms with E-state index in [0.29, 0.717) is 33.2 Å². The number of hydrogen-bond donors (Lipinski definition) is 1. The first-order valence-electron chi connectivity index (χ1n) is 8.45. The molecule has 1 aromatic heterocycles. The lowest BCUT2D eigenvalue weighted by molar-refractivity contribution is -0.118. The fourth-order valence-electron chi connectivity index (χ4n) is 2.08. The van der Waals surface area contributed by atoms with Crippen LogP contribution in [0.5, 0.6) is 0 Å². The van der Waals surface area contributed by atoms with Crippen molar-refractivity contribution in [1.29, 1.82) is 0 Å². The summed E-state index contributed by atoms with van der Waals surface area (Å²) in [7, 11) is 0. The monoisotopic (exact) mass is 428 g/mol. The number of amides is 2. The van der Waals surface area contributed by atoms with Crippen LogP contribution in [0.3, 0.4) is 0 Å². The van der Waals surface area contributed by atoms with Crippen LogP contribution in [0.2, 0.25) is 0 Å². The third kappa shape index (κ3) is 7.11. The fraction of sp³-hybridized carbons (Fsp3) is 0.412. The number of aromatic nitrogens is 2. The maximum absolute atomic E-state index is 13.1. The van der Waals surface area contributed by atoms with E-state index >= 15 is 0 Å². The normalized spacial score (nSPS) is 10.6. The van der Waals surface area contributed by atoms with Gasteiger partial charge in [-0.15, -0.1) is 10.2 Å². The van der Waals surface area contributed by atoms with Crippen LogP contribution in [-0.2, 0) is 9.59 Å². The van der Waals surface area contributed by atoms with Gasteiger partial charge in [-0.2, -0.15) is 0 Å². The van der Waals surface area contributed by atoms with E-state index in [1.54, 1.807) is 17.0 Å². The van der Waals surface area contributed by atoms with Gasteiger partial charge in [-0.25, -0.2) is 4.39 Å². The Hall–Kier alpha value is -1.65. The molecule has 27 heavy (non-hydrogen) atoms. The van der Waals surface area contributed by atoms with Crippen molar-refractivity contribution in [2.45, 2.75) is 28.9 Å². The molecule has 1 heterocycles. The molecule has 0 saturated heterocycles. The highest BCUT2D eigenvalue weighted by Crippen LogP contribution is 2.29. The van der Waals surface area contributed by atoms with Crippen molar-refractivity contribution in [3.05, 3.63) is 30.1 Å². The van der Waals surface area contributed by atoms with Crippen LogP contribution >= 0.6 is 34.9 Å². The van der Waals surface area contributed by atoms with Gasteiger partial charge < -0.3 is 10.2 Å². The number of benzene rings is 1. The Morgan fingerprint density at radius 1 is 1.11 bits per heavy atom. The van der Waals surface area contributed by atoms with Crippen LogP contribution < -0.4 is 10.2 Å². The Labute approximate surface area is 170 Å². The summed E-state index contributed by atoms with van der Waals surface area (Å²) in [5.41, 5.74) is 0.663. The van der Waals surface area contributed by atoms with E-state index in [1.807, 2.05) is 13.8 Å². The molecule has 2 amide bonds. The molecule has 0 aliphatic rings. The van der Waals surface area contributed by atoms with Crippen molar-refractivity contribution >= 4 is 52.4 Å². The second-order valence-corrected chi connectivity index (χ2v) is 8.80. The summed E-state index contributed by atoms with van der Waals surface area (Å²) in [5.74, 6) is 0.0594. The molecule has 2 rings (SSSR count). The SMILES string of the molecule is CCCNC(=O)CSc1nnc(SCC(=O)N(CC)c2ccc(F)cc2)s1. The van der Waals surface area contributed by atoms with Crippen molar-refractivity contribution < 1.29 is 14.0 Å². The minimum absolute atomic E-state index is 0.0284. The number of hydrogen-bond acceptors (Lipinski definition) is 7. The number of carbonyl (C=O) groups excluding carboxylic acids is 2. The maximum atomic E-state index is 13.1. The predicted octanol–water partition coefficient (Wildman–Crippen LogP) is 3.44. The summed E-state index contributed by atoms with van der Waals surface area (Å²) in [6, 6.07) is 5.85. The zero-order chi connectivity index (χ0) is 19.6. The third-order valence-electron chi connectivity index (χ3n) is 3.36. The average Bonchev–Trinajstić information content (AvgIpc) is 3.13. The molecule has 0 saturated carbocycles. The molecule has 0 unspecified atom stereocenters. The van der Waals surface area contributed by atoms with E-state index < -0.39 is 0 Å². The van der Waals surface area contributed by atoms with Crippen molar-refractivity contribution in [3.63, 3.8) is 0 Å². The van der Waals surface area contributed by atoms with Crippen molar-refractivity contribution in [2.24, 2.45) is 0 Å². The summed E-state index contributed by atoms with van der Waals surface area (Å²) < 4.78 is 14.4. The molecule has 0 fully saturated rings. The van der Waals surface area contributed by atoms with Gasteiger partial charge in [-0.05, 0) is 37.6 Å². The standard InChI is InChI=1S/C17H21FN4O2S3/c1-3-9-19-14(23)10-25-16-20-21-17(27-16)26-11-15(24)22(4-2)13-7-5-12(18)6-8-13/h5-8H,3-4,9-11H2,1-2H3,(H,19,23). The molecule has 2 aromatic rings. The van der Waals surface area contributed by atoms with Crippen LogP contribution in [0, 0.1) is 5.82 Å². The largest absolute Gasteiger partial charge is 0.355 e. The summed E-state index contributed by atoms with van der Waals surface area (Å²) in [5, 5.41) is 10.9. The zero-order valence-electron chi connectivity index (χ0n) is 15.1. The van der Waals surface area contributed by atoms with Crippen LogP contribution in [0.4, 0.5) is 10.1 Å². The van der Waals surface area contributed by atoms with Gasteiger partial charge in [0.05, 0.1) is 11.5 Å². The van der Waals surface area contributed by atoms with Crippen molar-refractivity contribution in [1.82, 2.24) is 15.5 Å².